The zero-order chi connectivity index (χ0) is 22.2. The number of amides is 1. The topological polar surface area (TPSA) is 117 Å². The summed E-state index contributed by atoms with van der Waals surface area (Å²) in [5.41, 5.74) is -0.649. The summed E-state index contributed by atoms with van der Waals surface area (Å²) in [7, 11) is 2.79. The van der Waals surface area contributed by atoms with Crippen LogP contribution < -0.4 is 16.6 Å². The Morgan fingerprint density at radius 1 is 1.20 bits per heavy atom. The molecule has 1 N–H and O–H groups in total. The van der Waals surface area contributed by atoms with Crippen LogP contribution in [0.25, 0.3) is 11.2 Å². The number of ether oxygens (including phenoxy) is 1. The molecule has 2 aromatic heterocycles. The zero-order valence-corrected chi connectivity index (χ0v) is 17.7. The van der Waals surface area contributed by atoms with Gasteiger partial charge in [0.1, 0.15) is 6.54 Å². The third-order valence-electron chi connectivity index (χ3n) is 4.40. The Labute approximate surface area is 179 Å². The molecule has 1 unspecified atom stereocenters. The van der Waals surface area contributed by atoms with Gasteiger partial charge in [0.15, 0.2) is 17.3 Å². The number of nitrogens with one attached hydrogen (secondary N) is 1. The first-order chi connectivity index (χ1) is 14.1. The molecule has 1 aromatic carbocycles. The largest absolute Gasteiger partial charge is 0.451 e. The van der Waals surface area contributed by atoms with Crippen molar-refractivity contribution in [2.45, 2.75) is 19.6 Å². The monoisotopic (exact) mass is 453 g/mol. The molecule has 2 heterocycles. The average Bonchev–Trinajstić information content (AvgIpc) is 3.11. The van der Waals surface area contributed by atoms with Crippen LogP contribution in [0.15, 0.2) is 34.1 Å². The highest BCUT2D eigenvalue weighted by Crippen LogP contribution is 2.29. The summed E-state index contributed by atoms with van der Waals surface area (Å²) >= 11 is 11.9. The van der Waals surface area contributed by atoms with E-state index in [-0.39, 0.29) is 33.4 Å². The van der Waals surface area contributed by atoms with Crippen LogP contribution in [-0.2, 0) is 35.0 Å². The van der Waals surface area contributed by atoms with Gasteiger partial charge < -0.3 is 14.6 Å². The number of hydrogen-bond donors (Lipinski definition) is 1. The molecule has 12 heteroatoms. The fraction of sp³-hybridized carbons (Fsp3) is 0.278. The number of carbonyl (C=O) groups excluding carboxylic acids is 2. The molecule has 0 bridgehead atoms. The lowest BCUT2D eigenvalue weighted by molar-refractivity contribution is -0.153. The number of aryl methyl sites for hydroxylation is 1. The van der Waals surface area contributed by atoms with Crippen LogP contribution in [0, 0.1) is 0 Å². The van der Waals surface area contributed by atoms with Crippen LogP contribution in [0.4, 0.5) is 5.69 Å². The van der Waals surface area contributed by atoms with E-state index in [0.717, 1.165) is 4.57 Å². The Hall–Kier alpha value is -3.11. The van der Waals surface area contributed by atoms with E-state index in [2.05, 4.69) is 10.3 Å². The highest BCUT2D eigenvalue weighted by atomic mass is 35.5. The van der Waals surface area contributed by atoms with Crippen molar-refractivity contribution in [3.8, 4) is 0 Å². The molecule has 0 saturated carbocycles. The van der Waals surface area contributed by atoms with Gasteiger partial charge in [0.2, 0.25) is 0 Å². The first-order valence-electron chi connectivity index (χ1n) is 8.67. The lowest BCUT2D eigenvalue weighted by atomic mass is 10.3. The molecule has 0 radical (unpaired) electrons. The van der Waals surface area contributed by atoms with E-state index < -0.39 is 29.2 Å². The second-order valence-electron chi connectivity index (χ2n) is 6.47. The maximum absolute atomic E-state index is 12.4. The van der Waals surface area contributed by atoms with Crippen LogP contribution in [0.2, 0.25) is 10.0 Å². The minimum atomic E-state index is -1.14. The van der Waals surface area contributed by atoms with Crippen molar-refractivity contribution in [3.05, 3.63) is 55.4 Å². The maximum atomic E-state index is 12.4. The Bertz CT molecular complexity index is 1280. The van der Waals surface area contributed by atoms with Gasteiger partial charge in [0, 0.05) is 14.1 Å². The van der Waals surface area contributed by atoms with E-state index in [1.54, 1.807) is 18.2 Å². The van der Waals surface area contributed by atoms with Crippen molar-refractivity contribution >= 4 is 51.9 Å². The fourth-order valence-corrected chi connectivity index (χ4v) is 3.13. The molecule has 158 valence electrons. The van der Waals surface area contributed by atoms with Crippen molar-refractivity contribution in [2.75, 3.05) is 5.32 Å². The number of rotatable bonds is 5. The first kappa shape index (κ1) is 21.6. The summed E-state index contributed by atoms with van der Waals surface area (Å²) in [6.07, 6.45) is 0.109. The third kappa shape index (κ3) is 3.96. The van der Waals surface area contributed by atoms with Crippen LogP contribution in [0.1, 0.15) is 6.92 Å². The van der Waals surface area contributed by atoms with Gasteiger partial charge in [0.05, 0.1) is 22.1 Å². The molecule has 10 nitrogen and oxygen atoms in total. The quantitative estimate of drug-likeness (QED) is 0.581. The van der Waals surface area contributed by atoms with Gasteiger partial charge in [-0.25, -0.2) is 9.78 Å². The highest BCUT2D eigenvalue weighted by molar-refractivity contribution is 6.44. The number of anilines is 1. The van der Waals surface area contributed by atoms with Crippen molar-refractivity contribution in [2.24, 2.45) is 14.1 Å². The maximum Gasteiger partial charge on any atom is 0.332 e. The second-order valence-corrected chi connectivity index (χ2v) is 7.26. The normalized spacial score (nSPS) is 12.0. The Morgan fingerprint density at radius 2 is 1.90 bits per heavy atom. The molecule has 0 spiro atoms. The standard InChI is InChI=1S/C18H17Cl2N5O5/c1-9(16(27)22-11-6-4-5-10(19)13(11)20)30-12(26)7-25-8-21-15-14(25)17(28)24(3)18(29)23(15)2/h4-6,8-9H,7H2,1-3H3,(H,22,27). The minimum absolute atomic E-state index is 0.0689. The third-order valence-corrected chi connectivity index (χ3v) is 5.22. The molecular formula is C18H17Cl2N5O5. The molecule has 0 saturated heterocycles. The Morgan fingerprint density at radius 3 is 2.60 bits per heavy atom. The molecule has 3 rings (SSSR count). The number of carbonyl (C=O) groups is 2. The van der Waals surface area contributed by atoms with Gasteiger partial charge in [-0.1, -0.05) is 29.3 Å². The molecular weight excluding hydrogens is 437 g/mol. The number of aromatic nitrogens is 4. The molecule has 1 atom stereocenters. The van der Waals surface area contributed by atoms with E-state index in [4.69, 9.17) is 27.9 Å². The summed E-state index contributed by atoms with van der Waals surface area (Å²) in [6.45, 7) is 1.01. The molecule has 3 aromatic rings. The molecule has 30 heavy (non-hydrogen) atoms. The van der Waals surface area contributed by atoms with Gasteiger partial charge in [-0.15, -0.1) is 0 Å². The van der Waals surface area contributed by atoms with E-state index >= 15 is 0 Å². The van der Waals surface area contributed by atoms with Crippen molar-refractivity contribution in [3.63, 3.8) is 0 Å². The summed E-state index contributed by atoms with van der Waals surface area (Å²) in [6, 6.07) is 4.73. The van der Waals surface area contributed by atoms with Gasteiger partial charge in [-0.3, -0.25) is 23.5 Å². The van der Waals surface area contributed by atoms with Crippen molar-refractivity contribution < 1.29 is 14.3 Å². The van der Waals surface area contributed by atoms with E-state index in [0.29, 0.717) is 0 Å². The molecule has 0 aliphatic heterocycles. The minimum Gasteiger partial charge on any atom is -0.451 e. The number of halogens is 2. The van der Waals surface area contributed by atoms with Gasteiger partial charge >= 0.3 is 11.7 Å². The highest BCUT2D eigenvalue weighted by Gasteiger charge is 2.21. The van der Waals surface area contributed by atoms with Gasteiger partial charge in [-0.05, 0) is 19.1 Å². The lowest BCUT2D eigenvalue weighted by Crippen LogP contribution is -2.38. The fourth-order valence-electron chi connectivity index (χ4n) is 2.78. The number of imidazole rings is 1. The number of esters is 1. The molecule has 0 fully saturated rings. The number of fused-ring (bicyclic) bond motifs is 1. The van der Waals surface area contributed by atoms with Crippen LogP contribution in [-0.4, -0.2) is 36.7 Å². The number of benzene rings is 1. The number of nitrogens with zero attached hydrogens (tertiary/aromatic N) is 4. The van der Waals surface area contributed by atoms with E-state index in [1.807, 2.05) is 0 Å². The SMILES string of the molecule is CC(OC(=O)Cn1cnc2c1c(=O)n(C)c(=O)n2C)C(=O)Nc1cccc(Cl)c1Cl. The summed E-state index contributed by atoms with van der Waals surface area (Å²) in [5.74, 6) is -1.38. The molecule has 0 aliphatic rings. The van der Waals surface area contributed by atoms with Crippen molar-refractivity contribution in [1.29, 1.82) is 0 Å². The predicted octanol–water partition coefficient (Wildman–Crippen LogP) is 1.31. The summed E-state index contributed by atoms with van der Waals surface area (Å²) in [4.78, 5) is 53.0. The van der Waals surface area contributed by atoms with Gasteiger partial charge in [0.25, 0.3) is 11.5 Å². The second kappa shape index (κ2) is 8.33. The van der Waals surface area contributed by atoms with Crippen molar-refractivity contribution in [1.82, 2.24) is 18.7 Å². The smallest absolute Gasteiger partial charge is 0.332 e. The van der Waals surface area contributed by atoms with Crippen LogP contribution >= 0.6 is 23.2 Å². The van der Waals surface area contributed by atoms with E-state index in [9.17, 15) is 19.2 Å². The Balaban J connectivity index is 1.74. The first-order valence-corrected chi connectivity index (χ1v) is 9.42. The van der Waals surface area contributed by atoms with E-state index in [1.165, 1.54) is 36.5 Å². The molecule has 1 amide bonds. The summed E-state index contributed by atoms with van der Waals surface area (Å²) in [5, 5.41) is 2.96. The average molecular weight is 454 g/mol. The van der Waals surface area contributed by atoms with Gasteiger partial charge in [-0.2, -0.15) is 0 Å². The predicted molar refractivity (Wildman–Crippen MR) is 111 cm³/mol. The molecule has 0 aliphatic carbocycles. The lowest BCUT2D eigenvalue weighted by Gasteiger charge is -2.15. The number of hydrogen-bond acceptors (Lipinski definition) is 6. The van der Waals surface area contributed by atoms with Crippen LogP contribution in [0.3, 0.4) is 0 Å². The van der Waals surface area contributed by atoms with Crippen LogP contribution in [0.5, 0.6) is 0 Å². The zero-order valence-electron chi connectivity index (χ0n) is 16.2. The Kier molecular flexibility index (Phi) is 5.99. The summed E-state index contributed by atoms with van der Waals surface area (Å²) < 4.78 is 8.52.